The predicted molar refractivity (Wildman–Crippen MR) is 150 cm³/mol. The van der Waals surface area contributed by atoms with Gasteiger partial charge in [0.2, 0.25) is 11.8 Å². The van der Waals surface area contributed by atoms with Crippen molar-refractivity contribution in [2.45, 2.75) is 30.7 Å². The minimum atomic E-state index is -4.35. The van der Waals surface area contributed by atoms with E-state index in [9.17, 15) is 22.4 Å². The van der Waals surface area contributed by atoms with Crippen LogP contribution in [-0.2, 0) is 26.0 Å². The fourth-order valence-electron chi connectivity index (χ4n) is 4.30. The summed E-state index contributed by atoms with van der Waals surface area (Å²) in [4.78, 5) is 27.8. The minimum absolute atomic E-state index is 0.0838. The minimum Gasteiger partial charge on any atom is -0.493 e. The van der Waals surface area contributed by atoms with E-state index in [-0.39, 0.29) is 28.8 Å². The van der Waals surface area contributed by atoms with Gasteiger partial charge >= 0.3 is 0 Å². The second-order valence-electron chi connectivity index (χ2n) is 8.87. The van der Waals surface area contributed by atoms with Gasteiger partial charge in [0.1, 0.15) is 18.4 Å². The molecule has 0 bridgehead atoms. The molecule has 0 saturated carbocycles. The zero-order chi connectivity index (χ0) is 29.3. The van der Waals surface area contributed by atoms with Crippen molar-refractivity contribution in [3.05, 3.63) is 84.2 Å². The lowest BCUT2D eigenvalue weighted by molar-refractivity contribution is -0.139. The molecule has 0 aliphatic carbocycles. The Kier molecular flexibility index (Phi) is 10.5. The Morgan fingerprint density at radius 2 is 1.60 bits per heavy atom. The first kappa shape index (κ1) is 30.4. The lowest BCUT2D eigenvalue weighted by Gasteiger charge is -2.33. The number of carbonyl (C=O) groups is 2. The van der Waals surface area contributed by atoms with Crippen LogP contribution in [0.4, 0.5) is 10.1 Å². The molecule has 0 aliphatic rings. The molecular weight excluding hydrogens is 537 g/mol. The number of hydrogen-bond acceptors (Lipinski definition) is 6. The van der Waals surface area contributed by atoms with Gasteiger partial charge in [-0.15, -0.1) is 0 Å². The van der Waals surface area contributed by atoms with Gasteiger partial charge in [-0.1, -0.05) is 37.3 Å². The van der Waals surface area contributed by atoms with Gasteiger partial charge in [-0.3, -0.25) is 13.9 Å². The molecule has 3 rings (SSSR count). The van der Waals surface area contributed by atoms with Crippen molar-refractivity contribution in [2.24, 2.45) is 0 Å². The number of rotatable bonds is 13. The summed E-state index contributed by atoms with van der Waals surface area (Å²) in [5.74, 6) is -0.994. The number of likely N-dealkylation sites (N-methyl/N-ethyl adjacent to an activating group) is 1. The van der Waals surface area contributed by atoms with Crippen molar-refractivity contribution in [2.75, 3.05) is 38.7 Å². The molecule has 40 heavy (non-hydrogen) atoms. The third kappa shape index (κ3) is 7.09. The normalized spacial score (nSPS) is 11.8. The Hall–Kier alpha value is -4.12. The summed E-state index contributed by atoms with van der Waals surface area (Å²) in [6.07, 6.45) is 0.776. The average Bonchev–Trinajstić information content (AvgIpc) is 2.98. The Balaban J connectivity index is 2.04. The molecule has 0 saturated heterocycles. The summed E-state index contributed by atoms with van der Waals surface area (Å²) in [5, 5.41) is 2.59. The average molecular weight is 572 g/mol. The molecule has 3 aromatic carbocycles. The molecule has 0 radical (unpaired) electrons. The molecule has 214 valence electrons. The van der Waals surface area contributed by atoms with Crippen LogP contribution in [-0.4, -0.2) is 65.5 Å². The van der Waals surface area contributed by atoms with Crippen LogP contribution < -0.4 is 19.1 Å². The maximum atomic E-state index is 13.9. The fraction of sp³-hybridized carbons (Fsp3) is 0.310. The van der Waals surface area contributed by atoms with Crippen molar-refractivity contribution < 1.29 is 31.9 Å². The van der Waals surface area contributed by atoms with E-state index in [0.717, 1.165) is 22.0 Å². The van der Waals surface area contributed by atoms with Gasteiger partial charge in [0.05, 0.1) is 24.8 Å². The highest BCUT2D eigenvalue weighted by molar-refractivity contribution is 7.92. The van der Waals surface area contributed by atoms with E-state index in [2.05, 4.69) is 5.32 Å². The van der Waals surface area contributed by atoms with Crippen molar-refractivity contribution in [1.29, 1.82) is 0 Å². The number of nitrogens with one attached hydrogen (secondary N) is 1. The molecule has 1 atom stereocenters. The number of amides is 2. The number of methoxy groups -OCH3 is 2. The number of ether oxygens (including phenoxy) is 2. The van der Waals surface area contributed by atoms with E-state index >= 15 is 0 Å². The zero-order valence-electron chi connectivity index (χ0n) is 23.0. The molecule has 3 aromatic rings. The number of halogens is 1. The molecule has 0 heterocycles. The molecule has 1 N–H and O–H groups in total. The van der Waals surface area contributed by atoms with Gasteiger partial charge in [0.25, 0.3) is 10.0 Å². The third-order valence-electron chi connectivity index (χ3n) is 6.45. The lowest BCUT2D eigenvalue weighted by atomic mass is 10.1. The SMILES string of the molecule is CC[C@@H](C(=O)NC)N(CCc1ccccc1)C(=O)CN(c1ccc(F)cc1)S(=O)(=O)c1ccc(OC)c(OC)c1. The standard InChI is InChI=1S/C29H34FN3O6S/c1-5-25(29(35)31-2)32(18-17-21-9-7-6-8-10-21)28(34)20-33(23-13-11-22(30)12-14-23)40(36,37)24-15-16-26(38-3)27(19-24)39-4/h6-16,19,25H,5,17-18,20H2,1-4H3,(H,31,35)/t25-/m0/s1. The number of benzene rings is 3. The van der Waals surface area contributed by atoms with Crippen LogP contribution in [0.2, 0.25) is 0 Å². The van der Waals surface area contributed by atoms with Gasteiger partial charge in [-0.2, -0.15) is 0 Å². The van der Waals surface area contributed by atoms with Crippen LogP contribution in [0.15, 0.2) is 77.7 Å². The number of sulfonamides is 1. The predicted octanol–water partition coefficient (Wildman–Crippen LogP) is 3.63. The third-order valence-corrected chi connectivity index (χ3v) is 8.22. The van der Waals surface area contributed by atoms with Crippen molar-refractivity contribution in [1.82, 2.24) is 10.2 Å². The monoisotopic (exact) mass is 571 g/mol. The van der Waals surface area contributed by atoms with Gasteiger partial charge in [-0.05, 0) is 54.8 Å². The number of anilines is 1. The van der Waals surface area contributed by atoms with Gasteiger partial charge in [-0.25, -0.2) is 12.8 Å². The topological polar surface area (TPSA) is 105 Å². The second kappa shape index (κ2) is 13.8. The lowest BCUT2D eigenvalue weighted by Crippen LogP contribution is -2.52. The van der Waals surface area contributed by atoms with Crippen molar-refractivity contribution in [3.8, 4) is 11.5 Å². The maximum Gasteiger partial charge on any atom is 0.264 e. The van der Waals surface area contributed by atoms with Gasteiger partial charge in [0.15, 0.2) is 11.5 Å². The van der Waals surface area contributed by atoms with Crippen molar-refractivity contribution in [3.63, 3.8) is 0 Å². The summed E-state index contributed by atoms with van der Waals surface area (Å²) >= 11 is 0. The first-order valence-electron chi connectivity index (χ1n) is 12.7. The molecule has 0 fully saturated rings. The van der Waals surface area contributed by atoms with Crippen molar-refractivity contribution >= 4 is 27.5 Å². The van der Waals surface area contributed by atoms with Crippen LogP contribution in [0.1, 0.15) is 18.9 Å². The number of hydrogen-bond donors (Lipinski definition) is 1. The smallest absolute Gasteiger partial charge is 0.264 e. The van der Waals surface area contributed by atoms with E-state index in [1.165, 1.54) is 56.5 Å². The van der Waals surface area contributed by atoms with Crippen LogP contribution in [0.5, 0.6) is 11.5 Å². The Morgan fingerprint density at radius 3 is 2.17 bits per heavy atom. The van der Waals surface area contributed by atoms with Gasteiger partial charge < -0.3 is 19.7 Å². The molecule has 2 amide bonds. The summed E-state index contributed by atoms with van der Waals surface area (Å²) in [6, 6.07) is 17.5. The van der Waals surface area contributed by atoms with Crippen LogP contribution in [0, 0.1) is 5.82 Å². The Labute approximate surface area is 234 Å². The van der Waals surface area contributed by atoms with Crippen LogP contribution >= 0.6 is 0 Å². The van der Waals surface area contributed by atoms with E-state index in [1.807, 2.05) is 30.3 Å². The van der Waals surface area contributed by atoms with E-state index in [4.69, 9.17) is 9.47 Å². The number of nitrogens with zero attached hydrogens (tertiary/aromatic N) is 2. The molecule has 0 unspecified atom stereocenters. The molecule has 0 aromatic heterocycles. The Bertz CT molecular complexity index is 1400. The molecule has 0 spiro atoms. The van der Waals surface area contributed by atoms with Gasteiger partial charge in [0, 0.05) is 19.7 Å². The molecule has 9 nitrogen and oxygen atoms in total. The first-order valence-corrected chi connectivity index (χ1v) is 14.2. The highest BCUT2D eigenvalue weighted by Crippen LogP contribution is 2.32. The fourth-order valence-corrected chi connectivity index (χ4v) is 5.73. The van der Waals surface area contributed by atoms with E-state index in [1.54, 1.807) is 6.92 Å². The number of carbonyl (C=O) groups excluding carboxylic acids is 2. The summed E-state index contributed by atoms with van der Waals surface area (Å²) in [6.45, 7) is 1.34. The molecule has 0 aliphatic heterocycles. The second-order valence-corrected chi connectivity index (χ2v) is 10.7. The molecule has 11 heteroatoms. The van der Waals surface area contributed by atoms with E-state index < -0.39 is 34.3 Å². The quantitative estimate of drug-likeness (QED) is 0.336. The van der Waals surface area contributed by atoms with E-state index in [0.29, 0.717) is 18.6 Å². The molecular formula is C29H34FN3O6S. The summed E-state index contributed by atoms with van der Waals surface area (Å²) in [5.41, 5.74) is 1.04. The maximum absolute atomic E-state index is 13.9. The van der Waals surface area contributed by atoms with Crippen LogP contribution in [0.3, 0.4) is 0 Å². The zero-order valence-corrected chi connectivity index (χ0v) is 23.8. The Morgan fingerprint density at radius 1 is 0.950 bits per heavy atom. The van der Waals surface area contributed by atoms with Crippen LogP contribution in [0.25, 0.3) is 0 Å². The first-order chi connectivity index (χ1) is 19.2. The highest BCUT2D eigenvalue weighted by Gasteiger charge is 2.33. The summed E-state index contributed by atoms with van der Waals surface area (Å²) < 4.78 is 53.0. The largest absolute Gasteiger partial charge is 0.493 e. The highest BCUT2D eigenvalue weighted by atomic mass is 32.2. The summed E-state index contributed by atoms with van der Waals surface area (Å²) in [7, 11) is -0.0624.